The Morgan fingerprint density at radius 3 is 2.50 bits per heavy atom. The van der Waals surface area contributed by atoms with E-state index in [9.17, 15) is 13.2 Å². The Bertz CT molecular complexity index is 500. The minimum absolute atomic E-state index is 0.509. The summed E-state index contributed by atoms with van der Waals surface area (Å²) in [5.41, 5.74) is 0.520. The third-order valence-electron chi connectivity index (χ3n) is 2.31. The van der Waals surface area contributed by atoms with E-state index in [1.807, 2.05) is 0 Å². The second-order valence-electron chi connectivity index (χ2n) is 3.42. The summed E-state index contributed by atoms with van der Waals surface area (Å²) in [4.78, 5) is 0. The molecule has 1 heterocycles. The normalized spacial score (nSPS) is 11.8. The molecule has 0 fully saturated rings. The zero-order chi connectivity index (χ0) is 11.8. The van der Waals surface area contributed by atoms with Crippen molar-refractivity contribution in [2.45, 2.75) is 6.18 Å². The van der Waals surface area contributed by atoms with E-state index in [-0.39, 0.29) is 0 Å². The van der Waals surface area contributed by atoms with E-state index < -0.39 is 11.7 Å². The number of hydrogen-bond acceptors (Lipinski definition) is 1. The van der Waals surface area contributed by atoms with Gasteiger partial charge in [0.25, 0.3) is 0 Å². The summed E-state index contributed by atoms with van der Waals surface area (Å²) in [6.45, 7) is 0. The predicted molar refractivity (Wildman–Crippen MR) is 53.6 cm³/mol. The molecule has 16 heavy (non-hydrogen) atoms. The molecule has 2 nitrogen and oxygen atoms in total. The molecule has 1 aromatic heterocycles. The maximum Gasteiger partial charge on any atom is 0.416 e. The molecule has 0 aliphatic carbocycles. The third-order valence-corrected chi connectivity index (χ3v) is 2.31. The minimum Gasteiger partial charge on any atom is -0.268 e. The van der Waals surface area contributed by atoms with Crippen LogP contribution in [0.5, 0.6) is 0 Å². The first-order valence-electron chi connectivity index (χ1n) is 4.64. The Hall–Kier alpha value is -1.78. The molecule has 2 aromatic rings. The van der Waals surface area contributed by atoms with Gasteiger partial charge >= 0.3 is 6.18 Å². The Labute approximate surface area is 90.3 Å². The molecule has 0 saturated heterocycles. The number of rotatable bonds is 1. The fourth-order valence-corrected chi connectivity index (χ4v) is 1.51. The van der Waals surface area contributed by atoms with E-state index in [0.717, 1.165) is 12.1 Å². The molecule has 0 spiro atoms. The lowest BCUT2D eigenvalue weighted by molar-refractivity contribution is -0.137. The van der Waals surface area contributed by atoms with Crippen LogP contribution in [-0.2, 0) is 13.2 Å². The number of hydrogen-bond donors (Lipinski definition) is 0. The van der Waals surface area contributed by atoms with E-state index in [1.165, 1.54) is 10.7 Å². The van der Waals surface area contributed by atoms with Crippen LogP contribution in [-0.4, -0.2) is 9.78 Å². The van der Waals surface area contributed by atoms with Crippen LogP contribution in [0, 0.1) is 0 Å². The number of nitrogens with zero attached hydrogens (tertiary/aromatic N) is 2. The molecule has 0 atom stereocenters. The van der Waals surface area contributed by atoms with Crippen molar-refractivity contribution < 1.29 is 13.2 Å². The van der Waals surface area contributed by atoms with Gasteiger partial charge in [-0.2, -0.15) is 18.3 Å². The Morgan fingerprint density at radius 2 is 1.94 bits per heavy atom. The molecule has 0 aliphatic heterocycles. The molecule has 0 amide bonds. The smallest absolute Gasteiger partial charge is 0.268 e. The lowest BCUT2D eigenvalue weighted by Crippen LogP contribution is -2.05. The topological polar surface area (TPSA) is 17.8 Å². The van der Waals surface area contributed by atoms with Crippen molar-refractivity contribution in [1.82, 2.24) is 9.78 Å². The standard InChI is InChI=1S/C11H9F3N2/c1-16-10(5-6-15-16)8-3-2-4-9(7-8)11(12,13)14/h2-7H,1H3. The van der Waals surface area contributed by atoms with Gasteiger partial charge in [0.2, 0.25) is 0 Å². The first kappa shape index (κ1) is 10.7. The highest BCUT2D eigenvalue weighted by atomic mass is 19.4. The highest BCUT2D eigenvalue weighted by Gasteiger charge is 2.30. The molecule has 0 radical (unpaired) electrons. The van der Waals surface area contributed by atoms with Crippen LogP contribution in [0.3, 0.4) is 0 Å². The SMILES string of the molecule is Cn1nccc1-c1cccc(C(F)(F)F)c1. The van der Waals surface area contributed by atoms with Gasteiger partial charge in [0.05, 0.1) is 11.3 Å². The minimum atomic E-state index is -4.31. The molecule has 0 saturated carbocycles. The van der Waals surface area contributed by atoms with Gasteiger partial charge in [0.1, 0.15) is 0 Å². The maximum absolute atomic E-state index is 12.5. The van der Waals surface area contributed by atoms with Crippen LogP contribution >= 0.6 is 0 Å². The van der Waals surface area contributed by atoms with Gasteiger partial charge < -0.3 is 0 Å². The van der Waals surface area contributed by atoms with Crippen LogP contribution < -0.4 is 0 Å². The molecule has 1 aromatic carbocycles. The Morgan fingerprint density at radius 1 is 1.19 bits per heavy atom. The van der Waals surface area contributed by atoms with Gasteiger partial charge in [0.15, 0.2) is 0 Å². The summed E-state index contributed by atoms with van der Waals surface area (Å²) >= 11 is 0. The van der Waals surface area contributed by atoms with E-state index in [4.69, 9.17) is 0 Å². The maximum atomic E-state index is 12.5. The van der Waals surface area contributed by atoms with Crippen LogP contribution in [0.15, 0.2) is 36.5 Å². The summed E-state index contributed by atoms with van der Waals surface area (Å²) < 4.78 is 39.0. The van der Waals surface area contributed by atoms with Crippen LogP contribution in [0.4, 0.5) is 13.2 Å². The van der Waals surface area contributed by atoms with Crippen molar-refractivity contribution in [3.05, 3.63) is 42.1 Å². The molecule has 0 bridgehead atoms. The zero-order valence-corrected chi connectivity index (χ0v) is 8.49. The van der Waals surface area contributed by atoms with Gasteiger partial charge in [-0.1, -0.05) is 12.1 Å². The van der Waals surface area contributed by atoms with Gasteiger partial charge in [-0.3, -0.25) is 4.68 Å². The average molecular weight is 226 g/mol. The number of aryl methyl sites for hydroxylation is 1. The highest BCUT2D eigenvalue weighted by molar-refractivity contribution is 5.60. The number of halogens is 3. The molecule has 5 heteroatoms. The van der Waals surface area contributed by atoms with E-state index in [1.54, 1.807) is 25.4 Å². The summed E-state index contributed by atoms with van der Waals surface area (Å²) in [6.07, 6.45) is -2.76. The predicted octanol–water partition coefficient (Wildman–Crippen LogP) is 3.11. The van der Waals surface area contributed by atoms with E-state index >= 15 is 0 Å². The molecular weight excluding hydrogens is 217 g/mol. The van der Waals surface area contributed by atoms with Gasteiger partial charge in [-0.05, 0) is 18.2 Å². The molecule has 0 N–H and O–H groups in total. The van der Waals surface area contributed by atoms with Crippen molar-refractivity contribution in [3.63, 3.8) is 0 Å². The van der Waals surface area contributed by atoms with Crippen molar-refractivity contribution in [2.75, 3.05) is 0 Å². The Balaban J connectivity index is 2.49. The van der Waals surface area contributed by atoms with E-state index in [2.05, 4.69) is 5.10 Å². The number of benzene rings is 1. The van der Waals surface area contributed by atoms with Crippen molar-refractivity contribution >= 4 is 0 Å². The lowest BCUT2D eigenvalue weighted by atomic mass is 10.1. The fourth-order valence-electron chi connectivity index (χ4n) is 1.51. The van der Waals surface area contributed by atoms with Crippen LogP contribution in [0.25, 0.3) is 11.3 Å². The average Bonchev–Trinajstić information content (AvgIpc) is 2.63. The number of alkyl halides is 3. The lowest BCUT2D eigenvalue weighted by Gasteiger charge is -2.08. The van der Waals surface area contributed by atoms with Crippen molar-refractivity contribution in [2.24, 2.45) is 7.05 Å². The van der Waals surface area contributed by atoms with Gasteiger partial charge in [0, 0.05) is 18.8 Å². The summed E-state index contributed by atoms with van der Waals surface area (Å²) in [7, 11) is 1.69. The highest BCUT2D eigenvalue weighted by Crippen LogP contribution is 2.31. The summed E-state index contributed by atoms with van der Waals surface area (Å²) in [5, 5.41) is 3.92. The molecule has 0 unspecified atom stereocenters. The van der Waals surface area contributed by atoms with Crippen molar-refractivity contribution in [1.29, 1.82) is 0 Å². The monoisotopic (exact) mass is 226 g/mol. The molecular formula is C11H9F3N2. The molecule has 84 valence electrons. The first-order valence-corrected chi connectivity index (χ1v) is 4.64. The summed E-state index contributed by atoms with van der Waals surface area (Å²) in [5.74, 6) is 0. The van der Waals surface area contributed by atoms with Crippen LogP contribution in [0.2, 0.25) is 0 Å². The quantitative estimate of drug-likeness (QED) is 0.730. The van der Waals surface area contributed by atoms with Gasteiger partial charge in [-0.25, -0.2) is 0 Å². The third kappa shape index (κ3) is 1.93. The summed E-state index contributed by atoms with van der Waals surface area (Å²) in [6, 6.07) is 6.88. The fraction of sp³-hybridized carbons (Fsp3) is 0.182. The zero-order valence-electron chi connectivity index (χ0n) is 8.49. The second-order valence-corrected chi connectivity index (χ2v) is 3.42. The van der Waals surface area contributed by atoms with Crippen LogP contribution in [0.1, 0.15) is 5.56 Å². The molecule has 0 aliphatic rings. The Kier molecular flexibility index (Phi) is 2.46. The van der Waals surface area contributed by atoms with E-state index in [0.29, 0.717) is 11.3 Å². The largest absolute Gasteiger partial charge is 0.416 e. The second kappa shape index (κ2) is 3.66. The van der Waals surface area contributed by atoms with Crippen molar-refractivity contribution in [3.8, 4) is 11.3 Å². The number of aromatic nitrogens is 2. The first-order chi connectivity index (χ1) is 7.48. The van der Waals surface area contributed by atoms with Gasteiger partial charge in [-0.15, -0.1) is 0 Å². The molecule has 2 rings (SSSR count).